The van der Waals surface area contributed by atoms with Crippen molar-refractivity contribution in [2.45, 2.75) is 39.7 Å². The van der Waals surface area contributed by atoms with Crippen LogP contribution in [0.5, 0.6) is 0 Å². The van der Waals surface area contributed by atoms with Gasteiger partial charge in [-0.25, -0.2) is 4.79 Å². The zero-order chi connectivity index (χ0) is 21.1. The van der Waals surface area contributed by atoms with E-state index in [2.05, 4.69) is 29.5 Å². The number of amides is 2. The molecule has 30 heavy (non-hydrogen) atoms. The minimum atomic E-state index is -0.345. The molecule has 0 fully saturated rings. The molecule has 0 saturated carbocycles. The molecule has 1 atom stereocenters. The van der Waals surface area contributed by atoms with Crippen LogP contribution in [-0.4, -0.2) is 27.6 Å². The second-order valence-corrected chi connectivity index (χ2v) is 7.42. The lowest BCUT2D eigenvalue weighted by Crippen LogP contribution is -2.46. The van der Waals surface area contributed by atoms with Crippen LogP contribution in [0, 0.1) is 0 Å². The highest BCUT2D eigenvalue weighted by Gasteiger charge is 2.35. The first-order valence-electron chi connectivity index (χ1n) is 10.4. The first kappa shape index (κ1) is 19.9. The molecule has 6 nitrogen and oxygen atoms in total. The van der Waals surface area contributed by atoms with Gasteiger partial charge in [0.15, 0.2) is 0 Å². The van der Waals surface area contributed by atoms with E-state index in [1.54, 1.807) is 4.90 Å². The third-order valence-electron chi connectivity index (χ3n) is 5.45. The van der Waals surface area contributed by atoms with Gasteiger partial charge in [0, 0.05) is 17.8 Å². The molecule has 0 radical (unpaired) electrons. The number of aromatic nitrogens is 2. The van der Waals surface area contributed by atoms with Crippen LogP contribution in [0.25, 0.3) is 17.0 Å². The number of aryl methyl sites for hydroxylation is 1. The van der Waals surface area contributed by atoms with Gasteiger partial charge in [-0.3, -0.25) is 4.90 Å². The minimum absolute atomic E-state index is 0.109. The van der Waals surface area contributed by atoms with Gasteiger partial charge < -0.3 is 9.84 Å². The van der Waals surface area contributed by atoms with Crippen molar-refractivity contribution in [3.05, 3.63) is 77.3 Å². The predicted molar refractivity (Wildman–Crippen MR) is 116 cm³/mol. The normalized spacial score (nSPS) is 16.7. The Labute approximate surface area is 176 Å². The summed E-state index contributed by atoms with van der Waals surface area (Å²) < 4.78 is 5.70. The van der Waals surface area contributed by atoms with E-state index in [0.29, 0.717) is 18.3 Å². The number of carbonyl (C=O) groups is 1. The van der Waals surface area contributed by atoms with Crippen LogP contribution in [-0.2, 0) is 6.42 Å². The second kappa shape index (κ2) is 8.53. The molecule has 4 rings (SSSR count). The lowest BCUT2D eigenvalue weighted by molar-refractivity contribution is 0.205. The number of carbonyl (C=O) groups excluding carboxylic acids is 1. The third-order valence-corrected chi connectivity index (χ3v) is 5.45. The molecule has 6 heteroatoms. The maximum atomic E-state index is 12.8. The van der Waals surface area contributed by atoms with Gasteiger partial charge in [-0.05, 0) is 30.9 Å². The van der Waals surface area contributed by atoms with E-state index >= 15 is 0 Å². The van der Waals surface area contributed by atoms with Crippen LogP contribution in [0.2, 0.25) is 0 Å². The van der Waals surface area contributed by atoms with Gasteiger partial charge in [0.1, 0.15) is 0 Å². The monoisotopic (exact) mass is 402 g/mol. The summed E-state index contributed by atoms with van der Waals surface area (Å²) in [7, 11) is 0. The molecule has 154 valence electrons. The zero-order valence-corrected chi connectivity index (χ0v) is 17.6. The Morgan fingerprint density at radius 3 is 2.47 bits per heavy atom. The molecule has 1 N–H and O–H groups in total. The van der Waals surface area contributed by atoms with Crippen molar-refractivity contribution in [1.82, 2.24) is 20.4 Å². The zero-order valence-electron chi connectivity index (χ0n) is 17.6. The average molecular weight is 402 g/mol. The molecular weight excluding hydrogens is 376 g/mol. The van der Waals surface area contributed by atoms with Crippen LogP contribution in [0.4, 0.5) is 4.79 Å². The SMILES string of the molecule is CCCN1C(=O)NC(c2ccccc2)C(c2nc(-c3ccc(CC)cc3)no2)=C1C. The predicted octanol–water partition coefficient (Wildman–Crippen LogP) is 5.21. The van der Waals surface area contributed by atoms with E-state index in [1.807, 2.05) is 56.3 Å². The van der Waals surface area contributed by atoms with E-state index in [1.165, 1.54) is 5.56 Å². The number of hydrogen-bond donors (Lipinski definition) is 1. The molecule has 1 unspecified atom stereocenters. The molecule has 0 bridgehead atoms. The van der Waals surface area contributed by atoms with Crippen molar-refractivity contribution in [2.24, 2.45) is 0 Å². The Hall–Kier alpha value is -3.41. The minimum Gasteiger partial charge on any atom is -0.334 e. The van der Waals surface area contributed by atoms with Crippen molar-refractivity contribution in [1.29, 1.82) is 0 Å². The smallest absolute Gasteiger partial charge is 0.322 e. The highest BCUT2D eigenvalue weighted by molar-refractivity contribution is 5.86. The molecular formula is C24H26N4O2. The number of nitrogens with one attached hydrogen (secondary N) is 1. The maximum Gasteiger partial charge on any atom is 0.322 e. The van der Waals surface area contributed by atoms with Crippen molar-refractivity contribution in [3.8, 4) is 11.4 Å². The van der Waals surface area contributed by atoms with E-state index in [9.17, 15) is 4.79 Å². The summed E-state index contributed by atoms with van der Waals surface area (Å²) in [5.74, 6) is 0.968. The lowest BCUT2D eigenvalue weighted by atomic mass is 9.94. The Bertz CT molecular complexity index is 1050. The number of benzene rings is 2. The van der Waals surface area contributed by atoms with Gasteiger partial charge in [-0.1, -0.05) is 73.6 Å². The van der Waals surface area contributed by atoms with Crippen molar-refractivity contribution in [2.75, 3.05) is 6.54 Å². The summed E-state index contributed by atoms with van der Waals surface area (Å²) in [6.45, 7) is 6.75. The van der Waals surface area contributed by atoms with Gasteiger partial charge in [-0.2, -0.15) is 4.98 Å². The molecule has 0 spiro atoms. The summed E-state index contributed by atoms with van der Waals surface area (Å²) >= 11 is 0. The van der Waals surface area contributed by atoms with Crippen molar-refractivity contribution in [3.63, 3.8) is 0 Å². The Morgan fingerprint density at radius 2 is 1.80 bits per heavy atom. The number of urea groups is 1. The standard InChI is InChI=1S/C24H26N4O2/c1-4-15-28-16(3)20(21(25-24(28)29)18-9-7-6-8-10-18)23-26-22(27-30-23)19-13-11-17(5-2)12-14-19/h6-14,21H,4-5,15H2,1-3H3,(H,25,29). The highest BCUT2D eigenvalue weighted by Crippen LogP contribution is 2.37. The van der Waals surface area contributed by atoms with E-state index in [-0.39, 0.29) is 12.1 Å². The van der Waals surface area contributed by atoms with E-state index < -0.39 is 0 Å². The van der Waals surface area contributed by atoms with Crippen LogP contribution in [0.1, 0.15) is 50.3 Å². The van der Waals surface area contributed by atoms with Gasteiger partial charge in [0.05, 0.1) is 11.6 Å². The number of rotatable bonds is 6. The molecule has 1 aromatic heterocycles. The van der Waals surface area contributed by atoms with Crippen LogP contribution in [0.15, 0.2) is 64.8 Å². The van der Waals surface area contributed by atoms with E-state index in [4.69, 9.17) is 9.51 Å². The molecule has 0 aliphatic carbocycles. The van der Waals surface area contributed by atoms with Gasteiger partial charge in [0.2, 0.25) is 5.82 Å². The maximum absolute atomic E-state index is 12.8. The fraction of sp³-hybridized carbons (Fsp3) is 0.292. The lowest BCUT2D eigenvalue weighted by Gasteiger charge is -2.35. The van der Waals surface area contributed by atoms with Crippen LogP contribution < -0.4 is 5.32 Å². The fourth-order valence-electron chi connectivity index (χ4n) is 3.79. The fourth-order valence-corrected chi connectivity index (χ4v) is 3.79. The molecule has 1 aliphatic rings. The first-order valence-corrected chi connectivity index (χ1v) is 10.4. The number of nitrogens with zero attached hydrogens (tertiary/aromatic N) is 3. The van der Waals surface area contributed by atoms with Gasteiger partial charge in [-0.15, -0.1) is 0 Å². The third kappa shape index (κ3) is 3.73. The van der Waals surface area contributed by atoms with Crippen molar-refractivity contribution >= 4 is 11.6 Å². The summed E-state index contributed by atoms with van der Waals surface area (Å²) in [5.41, 5.74) is 4.81. The van der Waals surface area contributed by atoms with Crippen LogP contribution >= 0.6 is 0 Å². The summed E-state index contributed by atoms with van der Waals surface area (Å²) in [6, 6.07) is 17.6. The first-order chi connectivity index (χ1) is 14.6. The summed E-state index contributed by atoms with van der Waals surface area (Å²) in [4.78, 5) is 19.2. The number of hydrogen-bond acceptors (Lipinski definition) is 4. The Balaban J connectivity index is 1.77. The summed E-state index contributed by atoms with van der Waals surface area (Å²) in [5, 5.41) is 7.33. The number of allylic oxidation sites excluding steroid dienone is 1. The Kier molecular flexibility index (Phi) is 5.65. The molecule has 3 aromatic rings. The topological polar surface area (TPSA) is 71.3 Å². The van der Waals surface area contributed by atoms with E-state index in [0.717, 1.165) is 35.2 Å². The van der Waals surface area contributed by atoms with Gasteiger partial charge in [0.25, 0.3) is 5.89 Å². The van der Waals surface area contributed by atoms with Crippen LogP contribution in [0.3, 0.4) is 0 Å². The molecule has 1 aliphatic heterocycles. The second-order valence-electron chi connectivity index (χ2n) is 7.42. The highest BCUT2D eigenvalue weighted by atomic mass is 16.5. The molecule has 0 saturated heterocycles. The largest absolute Gasteiger partial charge is 0.334 e. The average Bonchev–Trinajstić information content (AvgIpc) is 3.26. The quantitative estimate of drug-likeness (QED) is 0.615. The Morgan fingerprint density at radius 1 is 1.07 bits per heavy atom. The molecule has 2 amide bonds. The van der Waals surface area contributed by atoms with Gasteiger partial charge >= 0.3 is 6.03 Å². The molecule has 2 heterocycles. The molecule has 2 aromatic carbocycles. The summed E-state index contributed by atoms with van der Waals surface area (Å²) in [6.07, 6.45) is 1.84. The van der Waals surface area contributed by atoms with Crippen molar-refractivity contribution < 1.29 is 9.32 Å².